The number of rotatable bonds is 7. The van der Waals surface area contributed by atoms with E-state index >= 15 is 0 Å². The molecule has 3 heterocycles. The van der Waals surface area contributed by atoms with Crippen molar-refractivity contribution in [1.82, 2.24) is 19.4 Å². The maximum atomic E-state index is 12.7. The Hall–Kier alpha value is -2.86. The summed E-state index contributed by atoms with van der Waals surface area (Å²) in [5.41, 5.74) is 3.02. The third-order valence-corrected chi connectivity index (χ3v) is 5.23. The fourth-order valence-electron chi connectivity index (χ4n) is 3.07. The van der Waals surface area contributed by atoms with Gasteiger partial charge in [-0.05, 0) is 29.5 Å². The van der Waals surface area contributed by atoms with Gasteiger partial charge in [-0.15, -0.1) is 11.3 Å². The lowest BCUT2D eigenvalue weighted by atomic mass is 10.2. The van der Waals surface area contributed by atoms with E-state index < -0.39 is 0 Å². The van der Waals surface area contributed by atoms with Crippen LogP contribution in [-0.4, -0.2) is 26.6 Å². The molecule has 1 N–H and O–H groups in total. The van der Waals surface area contributed by atoms with E-state index in [1.807, 2.05) is 35.0 Å². The van der Waals surface area contributed by atoms with Gasteiger partial charge in [0.15, 0.2) is 0 Å². The number of aromatic nitrogens is 3. The van der Waals surface area contributed by atoms with Crippen molar-refractivity contribution in [3.63, 3.8) is 0 Å². The van der Waals surface area contributed by atoms with Crippen LogP contribution in [0.5, 0.6) is 0 Å². The summed E-state index contributed by atoms with van der Waals surface area (Å²) in [6.07, 6.45) is 6.36. The summed E-state index contributed by atoms with van der Waals surface area (Å²) in [6, 6.07) is 14.3. The highest BCUT2D eigenvalue weighted by Crippen LogP contribution is 2.26. The van der Waals surface area contributed by atoms with Crippen LogP contribution in [0.3, 0.4) is 0 Å². The second kappa shape index (κ2) is 7.58. The van der Waals surface area contributed by atoms with E-state index in [4.69, 9.17) is 0 Å². The minimum Gasteiger partial charge on any atom is -0.351 e. The van der Waals surface area contributed by atoms with E-state index in [9.17, 15) is 4.79 Å². The quantitative estimate of drug-likeness (QED) is 0.508. The van der Waals surface area contributed by atoms with Crippen molar-refractivity contribution in [1.29, 1.82) is 0 Å². The molecule has 6 heteroatoms. The first-order valence-electron chi connectivity index (χ1n) is 8.66. The lowest BCUT2D eigenvalue weighted by molar-refractivity contribution is 0.0944. The lowest BCUT2D eigenvalue weighted by Gasteiger charge is -2.11. The van der Waals surface area contributed by atoms with Crippen molar-refractivity contribution in [3.05, 3.63) is 77.8 Å². The predicted octanol–water partition coefficient (Wildman–Crippen LogP) is 3.77. The highest BCUT2D eigenvalue weighted by molar-refractivity contribution is 7.17. The molecule has 0 aliphatic heterocycles. The Balaban J connectivity index is 1.47. The SMILES string of the molecule is O=C(NCCCn1ccnc1)c1cc2sccc2n1Cc1ccccc1. The van der Waals surface area contributed by atoms with Crippen molar-refractivity contribution >= 4 is 27.5 Å². The molecule has 132 valence electrons. The van der Waals surface area contributed by atoms with Crippen LogP contribution in [-0.2, 0) is 13.1 Å². The van der Waals surface area contributed by atoms with Crippen LogP contribution in [0.4, 0.5) is 0 Å². The summed E-state index contributed by atoms with van der Waals surface area (Å²) in [5, 5.41) is 5.12. The second-order valence-electron chi connectivity index (χ2n) is 6.18. The molecule has 1 amide bonds. The Morgan fingerprint density at radius 1 is 1.19 bits per heavy atom. The third kappa shape index (κ3) is 3.55. The van der Waals surface area contributed by atoms with E-state index in [0.717, 1.165) is 28.9 Å². The molecule has 0 fully saturated rings. The van der Waals surface area contributed by atoms with Gasteiger partial charge in [0.25, 0.3) is 5.91 Å². The minimum absolute atomic E-state index is 0.0186. The summed E-state index contributed by atoms with van der Waals surface area (Å²) in [5.74, 6) is -0.0186. The number of carbonyl (C=O) groups is 1. The topological polar surface area (TPSA) is 51.9 Å². The summed E-state index contributed by atoms with van der Waals surface area (Å²) in [4.78, 5) is 16.8. The summed E-state index contributed by atoms with van der Waals surface area (Å²) in [6.45, 7) is 2.18. The molecule has 3 aromatic heterocycles. The fraction of sp³-hybridized carbons (Fsp3) is 0.200. The average molecular weight is 364 g/mol. The van der Waals surface area contributed by atoms with Crippen LogP contribution in [0.1, 0.15) is 22.5 Å². The summed E-state index contributed by atoms with van der Waals surface area (Å²) >= 11 is 1.67. The standard InChI is InChI=1S/C20H20N4OS/c25-20(22-8-4-10-23-11-9-21-15-23)18-13-19-17(7-12-26-19)24(18)14-16-5-2-1-3-6-16/h1-3,5-7,9,11-13,15H,4,8,10,14H2,(H,22,25). The first-order valence-corrected chi connectivity index (χ1v) is 9.54. The monoisotopic (exact) mass is 364 g/mol. The Morgan fingerprint density at radius 2 is 2.08 bits per heavy atom. The van der Waals surface area contributed by atoms with E-state index in [1.165, 1.54) is 5.56 Å². The summed E-state index contributed by atoms with van der Waals surface area (Å²) in [7, 11) is 0. The first kappa shape index (κ1) is 16.6. The van der Waals surface area contributed by atoms with E-state index in [2.05, 4.69) is 38.4 Å². The maximum absolute atomic E-state index is 12.7. The smallest absolute Gasteiger partial charge is 0.267 e. The number of carbonyl (C=O) groups excluding carboxylic acids is 1. The van der Waals surface area contributed by atoms with Crippen LogP contribution in [0.25, 0.3) is 10.2 Å². The molecule has 26 heavy (non-hydrogen) atoms. The molecular formula is C20H20N4OS. The number of nitrogens with zero attached hydrogens (tertiary/aromatic N) is 3. The van der Waals surface area contributed by atoms with Gasteiger partial charge >= 0.3 is 0 Å². The van der Waals surface area contributed by atoms with Gasteiger partial charge in [-0.3, -0.25) is 4.79 Å². The molecule has 0 radical (unpaired) electrons. The largest absolute Gasteiger partial charge is 0.351 e. The van der Waals surface area contributed by atoms with Crippen LogP contribution in [0, 0.1) is 0 Å². The van der Waals surface area contributed by atoms with Gasteiger partial charge < -0.3 is 14.5 Å². The summed E-state index contributed by atoms with van der Waals surface area (Å²) < 4.78 is 5.26. The number of hydrogen-bond acceptors (Lipinski definition) is 3. The molecular weight excluding hydrogens is 344 g/mol. The lowest BCUT2D eigenvalue weighted by Crippen LogP contribution is -2.27. The van der Waals surface area contributed by atoms with Crippen LogP contribution in [0.2, 0.25) is 0 Å². The van der Waals surface area contributed by atoms with Crippen molar-refractivity contribution in [3.8, 4) is 0 Å². The van der Waals surface area contributed by atoms with Crippen molar-refractivity contribution < 1.29 is 4.79 Å². The molecule has 1 aromatic carbocycles. The zero-order valence-corrected chi connectivity index (χ0v) is 15.2. The molecule has 0 spiro atoms. The van der Waals surface area contributed by atoms with E-state index in [0.29, 0.717) is 13.1 Å². The van der Waals surface area contributed by atoms with Crippen molar-refractivity contribution in [2.45, 2.75) is 19.5 Å². The molecule has 4 aromatic rings. The minimum atomic E-state index is -0.0186. The average Bonchev–Trinajstić information content (AvgIpc) is 3.38. The Morgan fingerprint density at radius 3 is 2.88 bits per heavy atom. The Kier molecular flexibility index (Phi) is 4.84. The zero-order chi connectivity index (χ0) is 17.8. The van der Waals surface area contributed by atoms with Crippen LogP contribution >= 0.6 is 11.3 Å². The Labute approximate surface area is 155 Å². The Bertz CT molecular complexity index is 986. The molecule has 0 atom stereocenters. The van der Waals surface area contributed by atoms with Gasteiger partial charge in [0.05, 0.1) is 16.5 Å². The van der Waals surface area contributed by atoms with Gasteiger partial charge in [0, 0.05) is 32.0 Å². The predicted molar refractivity (Wildman–Crippen MR) is 105 cm³/mol. The highest BCUT2D eigenvalue weighted by Gasteiger charge is 2.16. The highest BCUT2D eigenvalue weighted by atomic mass is 32.1. The number of hydrogen-bond donors (Lipinski definition) is 1. The third-order valence-electron chi connectivity index (χ3n) is 4.38. The van der Waals surface area contributed by atoms with Gasteiger partial charge in [-0.2, -0.15) is 0 Å². The van der Waals surface area contributed by atoms with Gasteiger partial charge in [-0.1, -0.05) is 30.3 Å². The number of imidazole rings is 1. The van der Waals surface area contributed by atoms with Gasteiger partial charge in [0.2, 0.25) is 0 Å². The molecule has 0 aliphatic rings. The molecule has 0 unspecified atom stereocenters. The normalized spacial score (nSPS) is 11.1. The van der Waals surface area contributed by atoms with Crippen molar-refractivity contribution in [2.24, 2.45) is 0 Å². The van der Waals surface area contributed by atoms with Crippen LogP contribution < -0.4 is 5.32 Å². The molecule has 0 bridgehead atoms. The maximum Gasteiger partial charge on any atom is 0.267 e. The molecule has 0 saturated heterocycles. The number of amides is 1. The number of thiophene rings is 1. The van der Waals surface area contributed by atoms with Gasteiger partial charge in [-0.25, -0.2) is 4.98 Å². The number of nitrogens with one attached hydrogen (secondary N) is 1. The van der Waals surface area contributed by atoms with Crippen molar-refractivity contribution in [2.75, 3.05) is 6.54 Å². The molecule has 5 nitrogen and oxygen atoms in total. The van der Waals surface area contributed by atoms with Crippen LogP contribution in [0.15, 0.2) is 66.6 Å². The van der Waals surface area contributed by atoms with Gasteiger partial charge in [0.1, 0.15) is 5.69 Å². The number of benzene rings is 1. The van der Waals surface area contributed by atoms with E-state index in [1.54, 1.807) is 23.9 Å². The first-order chi connectivity index (χ1) is 12.8. The number of aryl methyl sites for hydroxylation is 1. The van der Waals surface area contributed by atoms with E-state index in [-0.39, 0.29) is 5.91 Å². The number of fused-ring (bicyclic) bond motifs is 1. The molecule has 4 rings (SSSR count). The fourth-order valence-corrected chi connectivity index (χ4v) is 3.90. The second-order valence-corrected chi connectivity index (χ2v) is 7.13. The molecule has 0 aliphatic carbocycles. The zero-order valence-electron chi connectivity index (χ0n) is 14.3. The molecule has 0 saturated carbocycles.